The van der Waals surface area contributed by atoms with Crippen LogP contribution in [0.5, 0.6) is 5.75 Å². The van der Waals surface area contributed by atoms with Crippen LogP contribution in [0.1, 0.15) is 29.8 Å². The molecule has 2 nitrogen and oxygen atoms in total. The van der Waals surface area contributed by atoms with Crippen LogP contribution in [0, 0.1) is 5.82 Å². The van der Waals surface area contributed by atoms with Gasteiger partial charge in [0, 0.05) is 33.1 Å². The number of hydrogen-bond acceptors (Lipinski definition) is 2. The zero-order valence-corrected chi connectivity index (χ0v) is 12.7. The van der Waals surface area contributed by atoms with Crippen LogP contribution in [0.15, 0.2) is 40.9 Å². The molecule has 2 aromatic carbocycles. The van der Waals surface area contributed by atoms with Crippen molar-refractivity contribution in [3.8, 4) is 5.75 Å². The van der Waals surface area contributed by atoms with E-state index in [0.717, 1.165) is 10.0 Å². The van der Waals surface area contributed by atoms with E-state index in [1.165, 1.54) is 12.1 Å². The van der Waals surface area contributed by atoms with E-state index in [0.29, 0.717) is 22.8 Å². The Balaban J connectivity index is 2.00. The highest BCUT2D eigenvalue weighted by Gasteiger charge is 2.29. The molecule has 1 N–H and O–H groups in total. The number of hydrogen-bond donors (Lipinski definition) is 1. The molecule has 0 fully saturated rings. The Hall–Kier alpha value is -1.10. The van der Waals surface area contributed by atoms with Crippen molar-refractivity contribution in [2.75, 3.05) is 0 Å². The fourth-order valence-electron chi connectivity index (χ4n) is 2.37. The van der Waals surface area contributed by atoms with Crippen molar-refractivity contribution in [2.24, 2.45) is 0 Å². The molecule has 0 bridgehead atoms. The van der Waals surface area contributed by atoms with Crippen LogP contribution in [0.3, 0.4) is 0 Å². The summed E-state index contributed by atoms with van der Waals surface area (Å²) in [6, 6.07) is 9.60. The molecule has 1 heterocycles. The van der Waals surface area contributed by atoms with Gasteiger partial charge < -0.3 is 9.84 Å². The Morgan fingerprint density at radius 2 is 2.00 bits per heavy atom. The molecule has 104 valence electrons. The highest BCUT2D eigenvalue weighted by molar-refractivity contribution is 9.10. The molecule has 2 aromatic rings. The molecule has 1 aliphatic heterocycles. The van der Waals surface area contributed by atoms with Gasteiger partial charge in [0.1, 0.15) is 17.7 Å². The predicted molar refractivity (Wildman–Crippen MR) is 78.5 cm³/mol. The van der Waals surface area contributed by atoms with Gasteiger partial charge in [-0.05, 0) is 30.3 Å². The van der Waals surface area contributed by atoms with Gasteiger partial charge in [0.05, 0.1) is 6.10 Å². The lowest BCUT2D eigenvalue weighted by molar-refractivity contribution is 0.0654. The Morgan fingerprint density at radius 1 is 1.20 bits per heavy atom. The topological polar surface area (TPSA) is 29.5 Å². The van der Waals surface area contributed by atoms with Gasteiger partial charge in [-0.15, -0.1) is 0 Å². The largest absolute Gasteiger partial charge is 0.485 e. The van der Waals surface area contributed by atoms with Crippen LogP contribution in [-0.2, 0) is 0 Å². The number of fused-ring (bicyclic) bond motifs is 1. The van der Waals surface area contributed by atoms with Crippen LogP contribution in [0.25, 0.3) is 0 Å². The Labute approximate surface area is 129 Å². The molecule has 5 heteroatoms. The van der Waals surface area contributed by atoms with E-state index < -0.39 is 18.0 Å². The first-order chi connectivity index (χ1) is 9.54. The smallest absolute Gasteiger partial charge is 0.128 e. The lowest BCUT2D eigenvalue weighted by Gasteiger charge is -2.30. The van der Waals surface area contributed by atoms with Gasteiger partial charge >= 0.3 is 0 Å². The molecule has 1 unspecified atom stereocenters. The second-order valence-electron chi connectivity index (χ2n) is 4.71. The molecule has 2 atom stereocenters. The van der Waals surface area contributed by atoms with E-state index in [1.54, 1.807) is 12.1 Å². The minimum absolute atomic E-state index is 0.366. The first kappa shape index (κ1) is 13.9. The molecule has 0 saturated heterocycles. The third kappa shape index (κ3) is 2.55. The van der Waals surface area contributed by atoms with Crippen LogP contribution in [0.2, 0.25) is 5.02 Å². The van der Waals surface area contributed by atoms with E-state index in [2.05, 4.69) is 15.9 Å². The highest BCUT2D eigenvalue weighted by atomic mass is 79.9. The van der Waals surface area contributed by atoms with Gasteiger partial charge in [0.15, 0.2) is 0 Å². The van der Waals surface area contributed by atoms with Gasteiger partial charge in [-0.2, -0.15) is 0 Å². The molecule has 0 saturated carbocycles. The van der Waals surface area contributed by atoms with Crippen molar-refractivity contribution in [3.05, 3.63) is 62.8 Å². The van der Waals surface area contributed by atoms with E-state index in [9.17, 15) is 9.50 Å². The second kappa shape index (κ2) is 5.35. The molecule has 20 heavy (non-hydrogen) atoms. The average molecular weight is 358 g/mol. The Kier molecular flexibility index (Phi) is 3.71. The lowest BCUT2D eigenvalue weighted by Crippen LogP contribution is -2.19. The Bertz CT molecular complexity index is 662. The van der Waals surface area contributed by atoms with Crippen LogP contribution in [-0.4, -0.2) is 5.11 Å². The van der Waals surface area contributed by atoms with Crippen molar-refractivity contribution in [3.63, 3.8) is 0 Å². The van der Waals surface area contributed by atoms with Gasteiger partial charge in [-0.1, -0.05) is 27.5 Å². The summed E-state index contributed by atoms with van der Waals surface area (Å²) >= 11 is 9.56. The minimum Gasteiger partial charge on any atom is -0.485 e. The fourth-order valence-corrected chi connectivity index (χ4v) is 2.99. The van der Waals surface area contributed by atoms with Crippen molar-refractivity contribution < 1.29 is 14.2 Å². The molecule has 1 aliphatic rings. The van der Waals surface area contributed by atoms with Crippen molar-refractivity contribution >= 4 is 27.5 Å². The highest BCUT2D eigenvalue weighted by Crippen LogP contribution is 2.43. The standard InChI is InChI=1S/C15H11BrClFO2/c16-8-1-4-12(17)11(5-8)15-7-13(19)10-3-2-9(18)6-14(10)20-15/h1-6,13,15,19H,7H2/t13-,15?/m0/s1. The SMILES string of the molecule is O[C@H]1CC(c2cc(Br)ccc2Cl)Oc2cc(F)ccc21. The lowest BCUT2D eigenvalue weighted by atomic mass is 9.95. The summed E-state index contributed by atoms with van der Waals surface area (Å²) in [6.07, 6.45) is -0.710. The van der Waals surface area contributed by atoms with Crippen LogP contribution >= 0.6 is 27.5 Å². The monoisotopic (exact) mass is 356 g/mol. The first-order valence-corrected chi connectivity index (χ1v) is 7.31. The molecular formula is C15H11BrClFO2. The summed E-state index contributed by atoms with van der Waals surface area (Å²) in [6.45, 7) is 0. The van der Waals surface area contributed by atoms with Crippen LogP contribution in [0.4, 0.5) is 4.39 Å². The maximum absolute atomic E-state index is 13.3. The molecule has 0 radical (unpaired) electrons. The van der Waals surface area contributed by atoms with Crippen molar-refractivity contribution in [1.82, 2.24) is 0 Å². The normalized spacial score (nSPS) is 21.2. The maximum Gasteiger partial charge on any atom is 0.128 e. The van der Waals surface area contributed by atoms with E-state index in [1.807, 2.05) is 12.1 Å². The minimum atomic E-state index is -0.695. The van der Waals surface area contributed by atoms with Crippen molar-refractivity contribution in [1.29, 1.82) is 0 Å². The molecule has 3 rings (SSSR count). The van der Waals surface area contributed by atoms with Crippen LogP contribution < -0.4 is 4.74 Å². The zero-order valence-electron chi connectivity index (χ0n) is 10.3. The summed E-state index contributed by atoms with van der Waals surface area (Å²) in [5.74, 6) is -0.0262. The van der Waals surface area contributed by atoms with Gasteiger partial charge in [0.2, 0.25) is 0 Å². The second-order valence-corrected chi connectivity index (χ2v) is 6.03. The molecular weight excluding hydrogens is 347 g/mol. The molecule has 0 amide bonds. The first-order valence-electron chi connectivity index (χ1n) is 6.13. The number of rotatable bonds is 1. The maximum atomic E-state index is 13.3. The zero-order chi connectivity index (χ0) is 14.3. The van der Waals surface area contributed by atoms with Gasteiger partial charge in [-0.25, -0.2) is 4.39 Å². The number of benzene rings is 2. The summed E-state index contributed by atoms with van der Waals surface area (Å²) in [5, 5.41) is 10.7. The van der Waals surface area contributed by atoms with E-state index >= 15 is 0 Å². The third-order valence-corrected chi connectivity index (χ3v) is 4.18. The fraction of sp³-hybridized carbons (Fsp3) is 0.200. The van der Waals surface area contributed by atoms with Crippen molar-refractivity contribution in [2.45, 2.75) is 18.6 Å². The van der Waals surface area contributed by atoms with E-state index in [4.69, 9.17) is 16.3 Å². The summed E-state index contributed by atoms with van der Waals surface area (Å²) in [4.78, 5) is 0. The van der Waals surface area contributed by atoms with Gasteiger partial charge in [0.25, 0.3) is 0 Å². The number of aliphatic hydroxyl groups is 1. The summed E-state index contributed by atoms with van der Waals surface area (Å²) < 4.78 is 20.0. The van der Waals surface area contributed by atoms with E-state index in [-0.39, 0.29) is 0 Å². The number of ether oxygens (including phenoxy) is 1. The van der Waals surface area contributed by atoms with Gasteiger partial charge in [-0.3, -0.25) is 0 Å². The number of aliphatic hydroxyl groups excluding tert-OH is 1. The average Bonchev–Trinajstić information content (AvgIpc) is 2.41. The Morgan fingerprint density at radius 3 is 2.80 bits per heavy atom. The molecule has 0 aromatic heterocycles. The molecule has 0 spiro atoms. The summed E-state index contributed by atoms with van der Waals surface area (Å²) in [5.41, 5.74) is 1.38. The quantitative estimate of drug-likeness (QED) is 0.794. The summed E-state index contributed by atoms with van der Waals surface area (Å²) in [7, 11) is 0. The number of halogens is 3. The predicted octanol–water partition coefficient (Wildman–Crippen LogP) is 4.80. The third-order valence-electron chi connectivity index (χ3n) is 3.35. The molecule has 0 aliphatic carbocycles.